The first kappa shape index (κ1) is 18.3. The fourth-order valence-electron chi connectivity index (χ4n) is 2.23. The second kappa shape index (κ2) is 7.67. The number of rotatable bonds is 7. The van der Waals surface area contributed by atoms with E-state index in [2.05, 4.69) is 15.2 Å². The Hall–Kier alpha value is -2.06. The molecule has 1 heterocycles. The van der Waals surface area contributed by atoms with Gasteiger partial charge >= 0.3 is 6.36 Å². The van der Waals surface area contributed by atoms with Gasteiger partial charge in [-0.15, -0.1) is 13.2 Å². The summed E-state index contributed by atoms with van der Waals surface area (Å²) in [5.74, 6) is -0.311. The van der Waals surface area contributed by atoms with Crippen LogP contribution in [-0.2, 0) is 6.54 Å². The first-order valence-corrected chi connectivity index (χ1v) is 7.49. The number of aryl methyl sites for hydroxylation is 1. The Labute approximate surface area is 138 Å². The van der Waals surface area contributed by atoms with Crippen LogP contribution in [0.2, 0.25) is 0 Å². The van der Waals surface area contributed by atoms with Gasteiger partial charge in [-0.1, -0.05) is 12.1 Å². The highest BCUT2D eigenvalue weighted by Gasteiger charge is 2.31. The van der Waals surface area contributed by atoms with Crippen molar-refractivity contribution in [2.45, 2.75) is 38.9 Å². The molecule has 0 saturated heterocycles. The molecular formula is C16H20F3N3O2. The van der Waals surface area contributed by atoms with Crippen LogP contribution in [0.25, 0.3) is 0 Å². The lowest BCUT2D eigenvalue weighted by molar-refractivity contribution is -0.274. The van der Waals surface area contributed by atoms with Crippen LogP contribution in [-0.4, -0.2) is 33.8 Å². The van der Waals surface area contributed by atoms with E-state index in [1.54, 1.807) is 6.20 Å². The first-order valence-electron chi connectivity index (χ1n) is 7.49. The molecule has 0 radical (unpaired) electrons. The molecule has 0 aliphatic rings. The number of benzene rings is 1. The van der Waals surface area contributed by atoms with E-state index in [1.165, 1.54) is 24.3 Å². The second-order valence-corrected chi connectivity index (χ2v) is 5.68. The van der Waals surface area contributed by atoms with Crippen LogP contribution in [0.3, 0.4) is 0 Å². The normalized spacial score (nSPS) is 14.4. The molecule has 0 amide bonds. The number of halogens is 3. The van der Waals surface area contributed by atoms with E-state index in [1.807, 2.05) is 24.7 Å². The standard InChI is InChI=1S/C16H20F3N3O2/c1-11-7-21-22(9-11)10-12(2)20-8-15(23)13-3-5-14(6-4-13)24-16(17,18)19/h3-7,9,12,15,20,23H,8,10H2,1-2H3/t12-,15-/m0/s1. The second-order valence-electron chi connectivity index (χ2n) is 5.68. The highest BCUT2D eigenvalue weighted by atomic mass is 19.4. The van der Waals surface area contributed by atoms with Gasteiger partial charge in [-0.2, -0.15) is 5.10 Å². The smallest absolute Gasteiger partial charge is 0.406 e. The average molecular weight is 343 g/mol. The molecule has 2 rings (SSSR count). The summed E-state index contributed by atoms with van der Waals surface area (Å²) >= 11 is 0. The summed E-state index contributed by atoms with van der Waals surface area (Å²) in [7, 11) is 0. The molecule has 0 spiro atoms. The molecule has 8 heteroatoms. The zero-order valence-electron chi connectivity index (χ0n) is 13.4. The van der Waals surface area contributed by atoms with Crippen molar-refractivity contribution in [1.29, 1.82) is 0 Å². The maximum atomic E-state index is 12.1. The molecule has 2 aromatic rings. The number of aromatic nitrogens is 2. The highest BCUT2D eigenvalue weighted by Crippen LogP contribution is 2.24. The number of nitrogens with one attached hydrogen (secondary N) is 1. The van der Waals surface area contributed by atoms with Crippen LogP contribution in [0.4, 0.5) is 13.2 Å². The van der Waals surface area contributed by atoms with E-state index in [0.29, 0.717) is 12.1 Å². The van der Waals surface area contributed by atoms with E-state index in [9.17, 15) is 18.3 Å². The minimum atomic E-state index is -4.72. The summed E-state index contributed by atoms with van der Waals surface area (Å²) in [6, 6.07) is 5.26. The molecule has 24 heavy (non-hydrogen) atoms. The minimum Gasteiger partial charge on any atom is -0.406 e. The van der Waals surface area contributed by atoms with Crippen LogP contribution < -0.4 is 10.1 Å². The predicted molar refractivity (Wildman–Crippen MR) is 82.5 cm³/mol. The van der Waals surface area contributed by atoms with Gasteiger partial charge in [0.1, 0.15) is 5.75 Å². The molecule has 0 aliphatic carbocycles. The number of nitrogens with zero attached hydrogens (tertiary/aromatic N) is 2. The predicted octanol–water partition coefficient (Wildman–Crippen LogP) is 2.80. The number of aliphatic hydroxyl groups excluding tert-OH is 1. The van der Waals surface area contributed by atoms with E-state index < -0.39 is 12.5 Å². The fraction of sp³-hybridized carbons (Fsp3) is 0.438. The van der Waals surface area contributed by atoms with Gasteiger partial charge in [-0.3, -0.25) is 4.68 Å². The Morgan fingerprint density at radius 3 is 2.50 bits per heavy atom. The van der Waals surface area contributed by atoms with Gasteiger partial charge in [-0.05, 0) is 37.1 Å². The van der Waals surface area contributed by atoms with E-state index in [-0.39, 0.29) is 18.3 Å². The monoisotopic (exact) mass is 343 g/mol. The molecule has 2 N–H and O–H groups in total. The van der Waals surface area contributed by atoms with Gasteiger partial charge in [0.25, 0.3) is 0 Å². The van der Waals surface area contributed by atoms with Crippen molar-refractivity contribution in [3.63, 3.8) is 0 Å². The van der Waals surface area contributed by atoms with Crippen molar-refractivity contribution >= 4 is 0 Å². The van der Waals surface area contributed by atoms with Crippen LogP contribution in [0, 0.1) is 6.92 Å². The van der Waals surface area contributed by atoms with E-state index in [0.717, 1.165) is 5.56 Å². The Kier molecular flexibility index (Phi) is 5.84. The first-order chi connectivity index (χ1) is 11.2. The quantitative estimate of drug-likeness (QED) is 0.812. The number of alkyl halides is 3. The van der Waals surface area contributed by atoms with E-state index in [4.69, 9.17) is 0 Å². The minimum absolute atomic E-state index is 0.0757. The van der Waals surface area contributed by atoms with Crippen molar-refractivity contribution in [1.82, 2.24) is 15.1 Å². The van der Waals surface area contributed by atoms with Crippen molar-refractivity contribution in [2.75, 3.05) is 6.54 Å². The third kappa shape index (κ3) is 5.86. The molecule has 5 nitrogen and oxygen atoms in total. The molecular weight excluding hydrogens is 323 g/mol. The van der Waals surface area contributed by atoms with Crippen LogP contribution in [0.15, 0.2) is 36.7 Å². The lowest BCUT2D eigenvalue weighted by Gasteiger charge is -2.18. The zero-order chi connectivity index (χ0) is 17.7. The van der Waals surface area contributed by atoms with Crippen LogP contribution in [0.1, 0.15) is 24.2 Å². The van der Waals surface area contributed by atoms with Gasteiger partial charge in [0, 0.05) is 18.8 Å². The van der Waals surface area contributed by atoms with Crippen molar-refractivity contribution in [3.05, 3.63) is 47.8 Å². The Bertz CT molecular complexity index is 641. The average Bonchev–Trinajstić information content (AvgIpc) is 2.89. The molecule has 0 fully saturated rings. The third-order valence-electron chi connectivity index (χ3n) is 3.38. The zero-order valence-corrected chi connectivity index (χ0v) is 13.4. The number of ether oxygens (including phenoxy) is 1. The largest absolute Gasteiger partial charge is 0.573 e. The molecule has 0 bridgehead atoms. The summed E-state index contributed by atoms with van der Waals surface area (Å²) in [4.78, 5) is 0. The van der Waals surface area contributed by atoms with Gasteiger partial charge in [0.15, 0.2) is 0 Å². The molecule has 1 aromatic heterocycles. The summed E-state index contributed by atoms with van der Waals surface area (Å²) in [6.07, 6.45) is -1.85. The Balaban J connectivity index is 1.82. The third-order valence-corrected chi connectivity index (χ3v) is 3.38. The topological polar surface area (TPSA) is 59.3 Å². The fourth-order valence-corrected chi connectivity index (χ4v) is 2.23. The van der Waals surface area contributed by atoms with Gasteiger partial charge in [-0.25, -0.2) is 0 Å². The number of aliphatic hydroxyl groups is 1. The highest BCUT2D eigenvalue weighted by molar-refractivity contribution is 5.28. The molecule has 2 atom stereocenters. The Morgan fingerprint density at radius 1 is 1.29 bits per heavy atom. The van der Waals surface area contributed by atoms with Crippen molar-refractivity contribution in [2.24, 2.45) is 0 Å². The molecule has 0 unspecified atom stereocenters. The lowest BCUT2D eigenvalue weighted by atomic mass is 10.1. The van der Waals surface area contributed by atoms with Crippen LogP contribution in [0.5, 0.6) is 5.75 Å². The Morgan fingerprint density at radius 2 is 1.96 bits per heavy atom. The SMILES string of the molecule is Cc1cnn(C[C@H](C)NC[C@H](O)c2ccc(OC(F)(F)F)cc2)c1. The summed E-state index contributed by atoms with van der Waals surface area (Å²) in [5.41, 5.74) is 1.59. The van der Waals surface area contributed by atoms with Gasteiger partial charge in [0.2, 0.25) is 0 Å². The van der Waals surface area contributed by atoms with E-state index >= 15 is 0 Å². The molecule has 0 saturated carbocycles. The lowest BCUT2D eigenvalue weighted by Crippen LogP contribution is -2.33. The van der Waals surface area contributed by atoms with Crippen LogP contribution >= 0.6 is 0 Å². The van der Waals surface area contributed by atoms with Gasteiger partial charge in [0.05, 0.1) is 18.8 Å². The molecule has 132 valence electrons. The summed E-state index contributed by atoms with van der Waals surface area (Å²) < 4.78 is 41.9. The van der Waals surface area contributed by atoms with Gasteiger partial charge < -0.3 is 15.2 Å². The summed E-state index contributed by atoms with van der Waals surface area (Å²) in [5, 5.41) is 17.5. The maximum absolute atomic E-state index is 12.1. The summed E-state index contributed by atoms with van der Waals surface area (Å²) in [6.45, 7) is 4.85. The number of hydrogen-bond donors (Lipinski definition) is 2. The number of hydrogen-bond acceptors (Lipinski definition) is 4. The molecule has 0 aliphatic heterocycles. The van der Waals surface area contributed by atoms with Crippen molar-refractivity contribution < 1.29 is 23.0 Å². The van der Waals surface area contributed by atoms with Crippen molar-refractivity contribution in [3.8, 4) is 5.75 Å². The molecule has 1 aromatic carbocycles. The maximum Gasteiger partial charge on any atom is 0.573 e.